The lowest BCUT2D eigenvalue weighted by atomic mass is 10.1. The number of hydrogen-bond donors (Lipinski definition) is 1. The first kappa shape index (κ1) is 18.5. The van der Waals surface area contributed by atoms with Crippen LogP contribution in [0.2, 0.25) is 0 Å². The molecule has 0 amide bonds. The summed E-state index contributed by atoms with van der Waals surface area (Å²) < 4.78 is 33.8. The summed E-state index contributed by atoms with van der Waals surface area (Å²) in [5.74, 6) is 1.90. The van der Waals surface area contributed by atoms with Crippen molar-refractivity contribution >= 4 is 26.0 Å². The topological polar surface area (TPSA) is 85.1 Å². The number of nitrogens with one attached hydrogen (secondary N) is 1. The second kappa shape index (κ2) is 6.48. The van der Waals surface area contributed by atoms with E-state index in [-0.39, 0.29) is 10.8 Å². The Morgan fingerprint density at radius 2 is 2.00 bits per heavy atom. The van der Waals surface area contributed by atoms with Crippen LogP contribution in [-0.2, 0) is 10.0 Å². The van der Waals surface area contributed by atoms with Crippen molar-refractivity contribution in [3.63, 3.8) is 0 Å². The lowest BCUT2D eigenvalue weighted by molar-refractivity contribution is 0.413. The van der Waals surface area contributed by atoms with Crippen molar-refractivity contribution in [1.82, 2.24) is 14.9 Å². The zero-order chi connectivity index (χ0) is 18.4. The van der Waals surface area contributed by atoms with Gasteiger partial charge in [-0.25, -0.2) is 13.1 Å². The van der Waals surface area contributed by atoms with E-state index in [4.69, 9.17) is 4.52 Å². The molecule has 1 saturated carbocycles. The number of rotatable bonds is 5. The third kappa shape index (κ3) is 4.30. The zero-order valence-corrected chi connectivity index (χ0v) is 17.1. The summed E-state index contributed by atoms with van der Waals surface area (Å²) in [6.45, 7) is 7.49. The van der Waals surface area contributed by atoms with Crippen molar-refractivity contribution < 1.29 is 12.9 Å². The summed E-state index contributed by atoms with van der Waals surface area (Å²) in [7, 11) is -3.68. The Hall–Kier alpha value is -1.25. The van der Waals surface area contributed by atoms with Crippen LogP contribution < -0.4 is 4.72 Å². The largest absolute Gasteiger partial charge is 0.334 e. The molecule has 1 atom stereocenters. The Kier molecular flexibility index (Phi) is 4.81. The molecular weight excluding hydrogens is 406 g/mol. The van der Waals surface area contributed by atoms with Gasteiger partial charge in [0.1, 0.15) is 0 Å². The summed E-state index contributed by atoms with van der Waals surface area (Å²) >= 11 is 3.32. The second-order valence-electron chi connectivity index (χ2n) is 7.58. The number of halogens is 1. The van der Waals surface area contributed by atoms with Crippen LogP contribution in [0.1, 0.15) is 52.3 Å². The molecule has 0 spiro atoms. The van der Waals surface area contributed by atoms with Gasteiger partial charge in [0.05, 0.1) is 4.90 Å². The maximum Gasteiger partial charge on any atom is 0.257 e. The van der Waals surface area contributed by atoms with E-state index in [1.165, 1.54) is 12.8 Å². The van der Waals surface area contributed by atoms with Gasteiger partial charge in [-0.15, -0.1) is 0 Å². The molecule has 1 aromatic heterocycles. The highest BCUT2D eigenvalue weighted by atomic mass is 79.9. The molecule has 136 valence electrons. The minimum atomic E-state index is -3.68. The fourth-order valence-corrected chi connectivity index (χ4v) is 5.05. The van der Waals surface area contributed by atoms with Gasteiger partial charge in [-0.05, 0) is 73.7 Å². The van der Waals surface area contributed by atoms with Gasteiger partial charge in [-0.3, -0.25) is 0 Å². The maximum absolute atomic E-state index is 12.7. The zero-order valence-electron chi connectivity index (χ0n) is 14.7. The van der Waals surface area contributed by atoms with Gasteiger partial charge in [0, 0.05) is 21.5 Å². The molecule has 3 rings (SSSR count). The molecule has 2 aromatic rings. The highest BCUT2D eigenvalue weighted by molar-refractivity contribution is 9.10. The van der Waals surface area contributed by atoms with E-state index in [1.807, 2.05) is 0 Å². The van der Waals surface area contributed by atoms with Crippen LogP contribution in [-0.4, -0.2) is 24.1 Å². The number of nitrogens with zero attached hydrogens (tertiary/aromatic N) is 2. The Balaban J connectivity index is 1.94. The molecule has 0 bridgehead atoms. The normalized spacial score (nSPS) is 16.8. The van der Waals surface area contributed by atoms with E-state index in [1.54, 1.807) is 39.0 Å². The molecule has 1 aliphatic rings. The Morgan fingerprint density at radius 1 is 1.32 bits per heavy atom. The first-order valence-corrected chi connectivity index (χ1v) is 10.5. The van der Waals surface area contributed by atoms with Crippen LogP contribution in [0.25, 0.3) is 11.5 Å². The summed E-state index contributed by atoms with van der Waals surface area (Å²) in [5, 5.41) is 4.06. The first-order chi connectivity index (χ1) is 11.6. The van der Waals surface area contributed by atoms with Crippen molar-refractivity contribution in [1.29, 1.82) is 0 Å². The van der Waals surface area contributed by atoms with Crippen LogP contribution in [0.5, 0.6) is 0 Å². The van der Waals surface area contributed by atoms with Crippen LogP contribution in [0.3, 0.4) is 0 Å². The average Bonchev–Trinajstić information content (AvgIpc) is 3.21. The van der Waals surface area contributed by atoms with Crippen molar-refractivity contribution in [3.05, 3.63) is 28.5 Å². The van der Waals surface area contributed by atoms with E-state index in [2.05, 4.69) is 37.7 Å². The average molecular weight is 428 g/mol. The molecule has 1 aromatic carbocycles. The lowest BCUT2D eigenvalue weighted by Crippen LogP contribution is -2.40. The molecule has 6 nitrogen and oxygen atoms in total. The molecule has 0 radical (unpaired) electrons. The number of hydrogen-bond acceptors (Lipinski definition) is 5. The quantitative estimate of drug-likeness (QED) is 0.776. The second-order valence-corrected chi connectivity index (χ2v) is 10.1. The van der Waals surface area contributed by atoms with Crippen LogP contribution in [0, 0.1) is 5.92 Å². The number of sulfonamides is 1. The van der Waals surface area contributed by atoms with Gasteiger partial charge in [0.15, 0.2) is 5.82 Å². The summed E-state index contributed by atoms with van der Waals surface area (Å²) in [5.41, 5.74) is 0.00487. The molecule has 0 saturated heterocycles. The van der Waals surface area contributed by atoms with Crippen molar-refractivity contribution in [3.8, 4) is 11.5 Å². The third-order valence-electron chi connectivity index (χ3n) is 4.09. The summed E-state index contributed by atoms with van der Waals surface area (Å²) in [6, 6.07) is 5.00. The van der Waals surface area contributed by atoms with Gasteiger partial charge in [-0.2, -0.15) is 4.98 Å². The minimum absolute atomic E-state index is 0.148. The Labute approximate surface area is 156 Å². The van der Waals surface area contributed by atoms with Crippen molar-refractivity contribution in [2.75, 3.05) is 0 Å². The monoisotopic (exact) mass is 427 g/mol. The molecule has 1 N–H and O–H groups in total. The molecule has 8 heteroatoms. The lowest BCUT2D eigenvalue weighted by Gasteiger charge is -2.21. The smallest absolute Gasteiger partial charge is 0.257 e. The molecular formula is C17H22BrN3O3S. The minimum Gasteiger partial charge on any atom is -0.334 e. The fraction of sp³-hybridized carbons (Fsp3) is 0.529. The number of benzene rings is 1. The third-order valence-corrected chi connectivity index (χ3v) is 6.84. The highest BCUT2D eigenvalue weighted by Crippen LogP contribution is 2.41. The number of aromatic nitrogens is 2. The van der Waals surface area contributed by atoms with Crippen LogP contribution >= 0.6 is 15.9 Å². The van der Waals surface area contributed by atoms with E-state index < -0.39 is 15.6 Å². The SMILES string of the molecule is CC(c1noc(-c2ccc(Br)c(S(=O)(=O)NC(C)(C)C)c2)n1)C1CC1. The van der Waals surface area contributed by atoms with Crippen molar-refractivity contribution in [2.24, 2.45) is 5.92 Å². The van der Waals surface area contributed by atoms with Crippen molar-refractivity contribution in [2.45, 2.75) is 56.9 Å². The van der Waals surface area contributed by atoms with Gasteiger partial charge in [-0.1, -0.05) is 12.1 Å². The predicted octanol–water partition coefficient (Wildman–Crippen LogP) is 4.09. The standard InChI is InChI=1S/C17H22BrN3O3S/c1-10(11-5-6-11)15-19-16(24-20-15)12-7-8-13(18)14(9-12)25(22,23)21-17(2,3)4/h7-11,21H,5-6H2,1-4H3. The summed E-state index contributed by atoms with van der Waals surface area (Å²) in [6.07, 6.45) is 2.40. The molecule has 1 fully saturated rings. The fourth-order valence-electron chi connectivity index (χ4n) is 2.64. The molecule has 25 heavy (non-hydrogen) atoms. The summed E-state index contributed by atoms with van der Waals surface area (Å²) in [4.78, 5) is 4.61. The van der Waals surface area contributed by atoms with E-state index in [0.29, 0.717) is 27.7 Å². The molecule has 1 heterocycles. The first-order valence-electron chi connectivity index (χ1n) is 8.24. The van der Waals surface area contributed by atoms with Crippen LogP contribution in [0.4, 0.5) is 0 Å². The van der Waals surface area contributed by atoms with Gasteiger partial charge < -0.3 is 4.52 Å². The molecule has 0 aliphatic heterocycles. The van der Waals surface area contributed by atoms with E-state index in [0.717, 1.165) is 0 Å². The molecule has 1 unspecified atom stereocenters. The predicted molar refractivity (Wildman–Crippen MR) is 98.6 cm³/mol. The Morgan fingerprint density at radius 3 is 2.60 bits per heavy atom. The Bertz CT molecular complexity index is 883. The highest BCUT2D eigenvalue weighted by Gasteiger charge is 2.32. The van der Waals surface area contributed by atoms with E-state index in [9.17, 15) is 8.42 Å². The maximum atomic E-state index is 12.7. The van der Waals surface area contributed by atoms with Gasteiger partial charge in [0.2, 0.25) is 10.0 Å². The van der Waals surface area contributed by atoms with Gasteiger partial charge in [0.25, 0.3) is 5.89 Å². The molecule has 1 aliphatic carbocycles. The van der Waals surface area contributed by atoms with E-state index >= 15 is 0 Å². The van der Waals surface area contributed by atoms with Gasteiger partial charge >= 0.3 is 0 Å². The van der Waals surface area contributed by atoms with Crippen LogP contribution in [0.15, 0.2) is 32.1 Å².